The van der Waals surface area contributed by atoms with E-state index in [0.717, 1.165) is 24.8 Å². The van der Waals surface area contributed by atoms with Crippen LogP contribution in [0.4, 0.5) is 4.79 Å². The number of hydrogen-bond acceptors (Lipinski definition) is 5. The molecule has 1 aromatic rings. The van der Waals surface area contributed by atoms with E-state index in [-0.39, 0.29) is 25.9 Å². The van der Waals surface area contributed by atoms with Crippen LogP contribution in [0, 0.1) is 11.3 Å². The second kappa shape index (κ2) is 9.82. The third kappa shape index (κ3) is 6.68. The van der Waals surface area contributed by atoms with E-state index in [1.807, 2.05) is 36.4 Å². The Morgan fingerprint density at radius 1 is 1.39 bits per heavy atom. The van der Waals surface area contributed by atoms with Crippen LogP contribution < -0.4 is 5.32 Å². The standard InChI is InChI=1S/C17H22N2O4/c18-10-9-15(13-22-16-8-4-5-11-21-16)19-17(20)23-12-14-6-2-1-3-7-14/h1-3,6-7,15-16H,4-5,8-9,11-13H2,(H,19,20)/t15-,16-/m1/s1. The zero-order valence-corrected chi connectivity index (χ0v) is 13.1. The largest absolute Gasteiger partial charge is 0.445 e. The number of alkyl carbamates (subject to hydrolysis) is 1. The number of nitrogens with one attached hydrogen (secondary N) is 1. The summed E-state index contributed by atoms with van der Waals surface area (Å²) < 4.78 is 16.2. The lowest BCUT2D eigenvalue weighted by molar-refractivity contribution is -0.165. The predicted octanol–water partition coefficient (Wildman–Crippen LogP) is 2.74. The van der Waals surface area contributed by atoms with Crippen LogP contribution in [-0.4, -0.2) is 31.6 Å². The van der Waals surface area contributed by atoms with Crippen molar-refractivity contribution in [3.8, 4) is 6.07 Å². The second-order valence-corrected chi connectivity index (χ2v) is 5.39. The molecule has 1 aromatic carbocycles. The molecule has 0 unspecified atom stereocenters. The van der Waals surface area contributed by atoms with Crippen LogP contribution in [0.2, 0.25) is 0 Å². The summed E-state index contributed by atoms with van der Waals surface area (Å²) in [5.74, 6) is 0. The first-order chi connectivity index (χ1) is 11.3. The van der Waals surface area contributed by atoms with E-state index < -0.39 is 12.1 Å². The molecule has 1 heterocycles. The topological polar surface area (TPSA) is 80.6 Å². The SMILES string of the molecule is N#CC[C@H](CO[C@@H]1CCCCO1)NC(=O)OCc1ccccc1. The molecule has 1 fully saturated rings. The van der Waals surface area contributed by atoms with Crippen LogP contribution >= 0.6 is 0 Å². The fourth-order valence-corrected chi connectivity index (χ4v) is 2.26. The summed E-state index contributed by atoms with van der Waals surface area (Å²) in [6.07, 6.45) is 2.32. The van der Waals surface area contributed by atoms with Crippen molar-refractivity contribution in [2.24, 2.45) is 0 Å². The molecule has 1 amide bonds. The fourth-order valence-electron chi connectivity index (χ4n) is 2.26. The van der Waals surface area contributed by atoms with Gasteiger partial charge in [-0.05, 0) is 24.8 Å². The van der Waals surface area contributed by atoms with E-state index >= 15 is 0 Å². The van der Waals surface area contributed by atoms with Crippen molar-refractivity contribution in [3.63, 3.8) is 0 Å². The molecule has 0 aliphatic carbocycles. The van der Waals surface area contributed by atoms with E-state index in [1.54, 1.807) is 0 Å². The molecule has 0 bridgehead atoms. The van der Waals surface area contributed by atoms with Gasteiger partial charge < -0.3 is 19.5 Å². The van der Waals surface area contributed by atoms with Crippen molar-refractivity contribution in [1.29, 1.82) is 5.26 Å². The third-order valence-electron chi connectivity index (χ3n) is 3.49. The minimum Gasteiger partial charge on any atom is -0.445 e. The zero-order valence-electron chi connectivity index (χ0n) is 13.1. The average Bonchev–Trinajstić information content (AvgIpc) is 2.60. The molecule has 1 saturated heterocycles. The smallest absolute Gasteiger partial charge is 0.407 e. The van der Waals surface area contributed by atoms with Gasteiger partial charge in [0.25, 0.3) is 0 Å². The summed E-state index contributed by atoms with van der Waals surface area (Å²) in [5.41, 5.74) is 0.909. The summed E-state index contributed by atoms with van der Waals surface area (Å²) in [6, 6.07) is 11.1. The van der Waals surface area contributed by atoms with Crippen LogP contribution in [0.5, 0.6) is 0 Å². The molecule has 2 rings (SSSR count). The number of nitriles is 1. The molecule has 6 heteroatoms. The predicted molar refractivity (Wildman–Crippen MR) is 83.3 cm³/mol. The van der Waals surface area contributed by atoms with Crippen molar-refractivity contribution >= 4 is 6.09 Å². The maximum absolute atomic E-state index is 11.8. The minimum atomic E-state index is -0.553. The molecule has 2 atom stereocenters. The lowest BCUT2D eigenvalue weighted by Gasteiger charge is -2.25. The molecular weight excluding hydrogens is 296 g/mol. The summed E-state index contributed by atoms with van der Waals surface area (Å²) in [6.45, 7) is 1.12. The highest BCUT2D eigenvalue weighted by atomic mass is 16.7. The highest BCUT2D eigenvalue weighted by Crippen LogP contribution is 2.14. The minimum absolute atomic E-state index is 0.160. The average molecular weight is 318 g/mol. The number of carbonyl (C=O) groups is 1. The third-order valence-corrected chi connectivity index (χ3v) is 3.49. The Balaban J connectivity index is 1.71. The van der Waals surface area contributed by atoms with Gasteiger partial charge in [0.05, 0.1) is 25.1 Å². The molecule has 1 aliphatic heterocycles. The number of rotatable bonds is 7. The van der Waals surface area contributed by atoms with E-state index in [2.05, 4.69) is 5.32 Å². The zero-order chi connectivity index (χ0) is 16.3. The summed E-state index contributed by atoms with van der Waals surface area (Å²) in [7, 11) is 0. The first kappa shape index (κ1) is 17.3. The second-order valence-electron chi connectivity index (χ2n) is 5.39. The number of ether oxygens (including phenoxy) is 3. The lowest BCUT2D eigenvalue weighted by Crippen LogP contribution is -2.40. The quantitative estimate of drug-likeness (QED) is 0.836. The van der Waals surface area contributed by atoms with Gasteiger partial charge in [-0.15, -0.1) is 0 Å². The number of hydrogen-bond donors (Lipinski definition) is 1. The van der Waals surface area contributed by atoms with E-state index in [9.17, 15) is 4.79 Å². The van der Waals surface area contributed by atoms with Crippen LogP contribution in [0.25, 0.3) is 0 Å². The van der Waals surface area contributed by atoms with Crippen molar-refractivity contribution in [3.05, 3.63) is 35.9 Å². The molecule has 0 radical (unpaired) electrons. The van der Waals surface area contributed by atoms with Crippen molar-refractivity contribution in [2.75, 3.05) is 13.2 Å². The molecular formula is C17H22N2O4. The van der Waals surface area contributed by atoms with Gasteiger partial charge in [-0.25, -0.2) is 4.79 Å². The molecule has 6 nitrogen and oxygen atoms in total. The maximum atomic E-state index is 11.8. The first-order valence-electron chi connectivity index (χ1n) is 7.85. The van der Waals surface area contributed by atoms with Crippen LogP contribution in [0.3, 0.4) is 0 Å². The van der Waals surface area contributed by atoms with Gasteiger partial charge in [-0.2, -0.15) is 5.26 Å². The molecule has 0 spiro atoms. The lowest BCUT2D eigenvalue weighted by atomic mass is 10.2. The number of benzene rings is 1. The normalized spacial score (nSPS) is 18.7. The van der Waals surface area contributed by atoms with Crippen LogP contribution in [0.1, 0.15) is 31.2 Å². The van der Waals surface area contributed by atoms with Gasteiger partial charge in [-0.1, -0.05) is 30.3 Å². The van der Waals surface area contributed by atoms with Crippen LogP contribution in [0.15, 0.2) is 30.3 Å². The summed E-state index contributed by atoms with van der Waals surface area (Å²) in [5, 5.41) is 11.5. The Hall–Kier alpha value is -2.10. The van der Waals surface area contributed by atoms with Gasteiger partial charge in [-0.3, -0.25) is 0 Å². The number of amides is 1. The Bertz CT molecular complexity index is 509. The van der Waals surface area contributed by atoms with Crippen LogP contribution in [-0.2, 0) is 20.8 Å². The Morgan fingerprint density at radius 2 is 2.22 bits per heavy atom. The highest BCUT2D eigenvalue weighted by Gasteiger charge is 2.18. The summed E-state index contributed by atoms with van der Waals surface area (Å²) >= 11 is 0. The monoisotopic (exact) mass is 318 g/mol. The van der Waals surface area contributed by atoms with Gasteiger partial charge >= 0.3 is 6.09 Å². The molecule has 1 N–H and O–H groups in total. The van der Waals surface area contributed by atoms with E-state index in [1.165, 1.54) is 0 Å². The van der Waals surface area contributed by atoms with Crippen molar-refractivity contribution in [1.82, 2.24) is 5.32 Å². The van der Waals surface area contributed by atoms with Gasteiger partial charge in [0.1, 0.15) is 6.61 Å². The Kier molecular flexibility index (Phi) is 7.37. The van der Waals surface area contributed by atoms with Gasteiger partial charge in [0, 0.05) is 6.61 Å². The molecule has 0 saturated carbocycles. The Labute approximate surface area is 136 Å². The fraction of sp³-hybridized carbons (Fsp3) is 0.529. The van der Waals surface area contributed by atoms with Crippen molar-refractivity contribution < 1.29 is 19.0 Å². The molecule has 23 heavy (non-hydrogen) atoms. The number of carbonyl (C=O) groups excluding carboxylic acids is 1. The highest BCUT2D eigenvalue weighted by molar-refractivity contribution is 5.67. The maximum Gasteiger partial charge on any atom is 0.407 e. The first-order valence-corrected chi connectivity index (χ1v) is 7.85. The summed E-state index contributed by atoms with van der Waals surface area (Å²) in [4.78, 5) is 11.8. The molecule has 124 valence electrons. The van der Waals surface area contributed by atoms with Gasteiger partial charge in [0.15, 0.2) is 6.29 Å². The molecule has 1 aliphatic rings. The number of nitrogens with zero attached hydrogens (tertiary/aromatic N) is 1. The van der Waals surface area contributed by atoms with Crippen molar-refractivity contribution in [2.45, 2.75) is 44.6 Å². The molecule has 0 aromatic heterocycles. The Morgan fingerprint density at radius 3 is 2.91 bits per heavy atom. The van der Waals surface area contributed by atoms with E-state index in [4.69, 9.17) is 19.5 Å². The van der Waals surface area contributed by atoms with Gasteiger partial charge in [0.2, 0.25) is 0 Å². The van der Waals surface area contributed by atoms with E-state index in [0.29, 0.717) is 6.61 Å².